The van der Waals surface area contributed by atoms with E-state index in [0.29, 0.717) is 36.6 Å². The zero-order chi connectivity index (χ0) is 28.4. The number of amides is 1. The minimum atomic E-state index is -4.54. The van der Waals surface area contributed by atoms with Gasteiger partial charge in [-0.3, -0.25) is 9.69 Å². The van der Waals surface area contributed by atoms with Gasteiger partial charge in [0.05, 0.1) is 5.56 Å². The van der Waals surface area contributed by atoms with Gasteiger partial charge in [0.2, 0.25) is 0 Å². The topological polar surface area (TPSA) is 102 Å². The zero-order valence-electron chi connectivity index (χ0n) is 22.3. The highest BCUT2D eigenvalue weighted by Gasteiger charge is 2.34. The maximum Gasteiger partial charge on any atom is 0.416 e. The van der Waals surface area contributed by atoms with Crippen molar-refractivity contribution in [3.8, 4) is 0 Å². The molecule has 2 aliphatic rings. The van der Waals surface area contributed by atoms with Gasteiger partial charge in [-0.25, -0.2) is 4.98 Å². The second-order valence-corrected chi connectivity index (χ2v) is 10.4. The van der Waals surface area contributed by atoms with Crippen molar-refractivity contribution in [2.45, 2.75) is 25.7 Å². The van der Waals surface area contributed by atoms with Crippen molar-refractivity contribution < 1.29 is 18.0 Å². The highest BCUT2D eigenvalue weighted by atomic mass is 19.4. The molecule has 3 heterocycles. The van der Waals surface area contributed by atoms with Crippen LogP contribution in [0.2, 0.25) is 0 Å². The minimum Gasteiger partial charge on any atom is -0.383 e. The van der Waals surface area contributed by atoms with E-state index in [4.69, 9.17) is 11.1 Å². The lowest BCUT2D eigenvalue weighted by Gasteiger charge is -2.33. The van der Waals surface area contributed by atoms with E-state index in [1.807, 2.05) is 24.1 Å². The Kier molecular flexibility index (Phi) is 7.77. The fourth-order valence-electron chi connectivity index (χ4n) is 5.22. The molecule has 1 amide bonds. The molecular weight excluding hydrogens is 519 g/mol. The average Bonchev–Trinajstić information content (AvgIpc) is 3.33. The first-order valence-corrected chi connectivity index (χ1v) is 13.2. The van der Waals surface area contributed by atoms with Gasteiger partial charge in [-0.1, -0.05) is 12.1 Å². The second kappa shape index (κ2) is 11.3. The summed E-state index contributed by atoms with van der Waals surface area (Å²) in [6.45, 7) is 4.53. The van der Waals surface area contributed by atoms with Crippen molar-refractivity contribution in [3.05, 3.63) is 82.0 Å². The molecule has 0 aliphatic carbocycles. The van der Waals surface area contributed by atoms with Crippen molar-refractivity contribution in [3.63, 3.8) is 0 Å². The van der Waals surface area contributed by atoms with Crippen LogP contribution in [0.4, 0.5) is 30.4 Å². The Morgan fingerprint density at radius 1 is 1.07 bits per heavy atom. The van der Waals surface area contributed by atoms with Crippen LogP contribution in [0.25, 0.3) is 0 Å². The molecule has 0 saturated carbocycles. The molecule has 2 aromatic carbocycles. The number of piperazine rings is 1. The Balaban J connectivity index is 1.32. The molecule has 11 heteroatoms. The van der Waals surface area contributed by atoms with Gasteiger partial charge in [-0.2, -0.15) is 13.2 Å². The lowest BCUT2D eigenvalue weighted by Crippen LogP contribution is -2.44. The van der Waals surface area contributed by atoms with Crippen molar-refractivity contribution in [2.75, 3.05) is 55.7 Å². The van der Waals surface area contributed by atoms with Crippen LogP contribution in [0.3, 0.4) is 0 Å². The SMILES string of the molecule is CN1CCN(Cc2ccc(NC(=O)c3ccc4c(c3)N(Cc3cnc(N)c(C=N)c3)CC4)cc2C(F)(F)F)CC1. The van der Waals surface area contributed by atoms with Crippen LogP contribution in [-0.2, 0) is 25.7 Å². The van der Waals surface area contributed by atoms with E-state index in [-0.39, 0.29) is 17.8 Å². The highest BCUT2D eigenvalue weighted by molar-refractivity contribution is 6.05. The number of hydrogen-bond acceptors (Lipinski definition) is 7. The number of fused-ring (bicyclic) bond motifs is 1. The molecule has 4 N–H and O–H groups in total. The van der Waals surface area contributed by atoms with Crippen molar-refractivity contribution in [1.29, 1.82) is 5.41 Å². The molecule has 0 radical (unpaired) electrons. The third-order valence-electron chi connectivity index (χ3n) is 7.54. The Labute approximate surface area is 231 Å². The number of rotatable bonds is 7. The number of nitrogens with zero attached hydrogens (tertiary/aromatic N) is 4. The number of benzene rings is 2. The van der Waals surface area contributed by atoms with E-state index in [2.05, 4.69) is 20.1 Å². The number of carbonyl (C=O) groups excluding carboxylic acids is 1. The molecule has 0 bridgehead atoms. The summed E-state index contributed by atoms with van der Waals surface area (Å²) in [4.78, 5) is 23.6. The lowest BCUT2D eigenvalue weighted by molar-refractivity contribution is -0.138. The predicted molar refractivity (Wildman–Crippen MR) is 150 cm³/mol. The molecule has 2 aliphatic heterocycles. The monoisotopic (exact) mass is 551 g/mol. The van der Waals surface area contributed by atoms with Gasteiger partial charge in [-0.05, 0) is 60.5 Å². The number of halogens is 3. The number of likely N-dealkylation sites (N-methyl/N-ethyl adjacent to an activating group) is 1. The van der Waals surface area contributed by atoms with E-state index in [1.54, 1.807) is 18.3 Å². The predicted octanol–water partition coefficient (Wildman–Crippen LogP) is 4.24. The normalized spacial score (nSPS) is 16.1. The Bertz CT molecular complexity index is 1420. The van der Waals surface area contributed by atoms with Gasteiger partial charge < -0.3 is 26.3 Å². The summed E-state index contributed by atoms with van der Waals surface area (Å²) in [5.74, 6) is -0.185. The molecule has 0 unspecified atom stereocenters. The molecule has 3 aromatic rings. The summed E-state index contributed by atoms with van der Waals surface area (Å²) >= 11 is 0. The van der Waals surface area contributed by atoms with Crippen molar-refractivity contribution >= 4 is 29.3 Å². The summed E-state index contributed by atoms with van der Waals surface area (Å²) in [7, 11) is 2.00. The summed E-state index contributed by atoms with van der Waals surface area (Å²) in [6.07, 6.45) is -0.899. The van der Waals surface area contributed by atoms with E-state index < -0.39 is 17.6 Å². The molecule has 1 aromatic heterocycles. The maximum absolute atomic E-state index is 14.0. The number of nitrogen functional groups attached to an aromatic ring is 1. The molecular formula is C29H32F3N7O. The van der Waals surface area contributed by atoms with Gasteiger partial charge in [0.15, 0.2) is 0 Å². The van der Waals surface area contributed by atoms with Gasteiger partial charge in [-0.15, -0.1) is 0 Å². The average molecular weight is 552 g/mol. The molecule has 8 nitrogen and oxygen atoms in total. The van der Waals surface area contributed by atoms with Gasteiger partial charge in [0.1, 0.15) is 5.82 Å². The van der Waals surface area contributed by atoms with Crippen LogP contribution < -0.4 is 16.0 Å². The number of nitrogens with one attached hydrogen (secondary N) is 2. The fraction of sp³-hybridized carbons (Fsp3) is 0.345. The first-order valence-electron chi connectivity index (χ1n) is 13.2. The van der Waals surface area contributed by atoms with E-state index in [9.17, 15) is 18.0 Å². The molecule has 1 fully saturated rings. The number of anilines is 3. The zero-order valence-corrected chi connectivity index (χ0v) is 22.3. The van der Waals surface area contributed by atoms with Crippen LogP contribution in [0, 0.1) is 5.41 Å². The van der Waals surface area contributed by atoms with Gasteiger partial charge in [0.25, 0.3) is 5.91 Å². The Hall–Kier alpha value is -3.96. The first kappa shape index (κ1) is 27.6. The van der Waals surface area contributed by atoms with Gasteiger partial charge >= 0.3 is 6.18 Å². The van der Waals surface area contributed by atoms with Crippen LogP contribution in [0.1, 0.15) is 38.2 Å². The summed E-state index contributed by atoms with van der Waals surface area (Å²) in [6, 6.07) is 11.2. The molecule has 0 spiro atoms. The van der Waals surface area contributed by atoms with Crippen molar-refractivity contribution in [2.24, 2.45) is 0 Å². The van der Waals surface area contributed by atoms with E-state index in [1.165, 1.54) is 12.1 Å². The Morgan fingerprint density at radius 3 is 2.58 bits per heavy atom. The standard InChI is InChI=1S/C29H32F3N7O/c1-37-8-10-38(11-9-37)18-22-4-5-24(14-25(22)29(30,31)32)36-28(40)21-3-2-20-6-7-39(26(20)13-21)17-19-12-23(15-33)27(34)35-16-19/h2-5,12-16,33H,6-11,17-18H2,1H3,(H2,34,35)(H,36,40). The largest absolute Gasteiger partial charge is 0.416 e. The molecule has 210 valence electrons. The number of pyridine rings is 1. The molecule has 0 atom stereocenters. The summed E-state index contributed by atoms with van der Waals surface area (Å²) in [5, 5.41) is 10.2. The van der Waals surface area contributed by atoms with Crippen LogP contribution in [-0.4, -0.2) is 66.7 Å². The fourth-order valence-corrected chi connectivity index (χ4v) is 5.22. The van der Waals surface area contributed by atoms with Crippen LogP contribution >= 0.6 is 0 Å². The number of alkyl halides is 3. The van der Waals surface area contributed by atoms with Gasteiger partial charge in [0, 0.05) is 80.7 Å². The summed E-state index contributed by atoms with van der Waals surface area (Å²) in [5.41, 5.74) is 9.12. The Morgan fingerprint density at radius 2 is 1.85 bits per heavy atom. The van der Waals surface area contributed by atoms with E-state index >= 15 is 0 Å². The third-order valence-corrected chi connectivity index (χ3v) is 7.54. The smallest absolute Gasteiger partial charge is 0.383 e. The highest BCUT2D eigenvalue weighted by Crippen LogP contribution is 2.35. The second-order valence-electron chi connectivity index (χ2n) is 10.4. The number of carbonyl (C=O) groups is 1. The summed E-state index contributed by atoms with van der Waals surface area (Å²) < 4.78 is 41.9. The number of nitrogens with two attached hydrogens (primary N) is 1. The third kappa shape index (κ3) is 6.10. The first-order chi connectivity index (χ1) is 19.1. The van der Waals surface area contributed by atoms with Crippen LogP contribution in [0.15, 0.2) is 48.7 Å². The van der Waals surface area contributed by atoms with Crippen molar-refractivity contribution in [1.82, 2.24) is 14.8 Å². The number of aromatic nitrogens is 1. The minimum absolute atomic E-state index is 0.101. The van der Waals surface area contributed by atoms with Crippen LogP contribution in [0.5, 0.6) is 0 Å². The number of hydrogen-bond donors (Lipinski definition) is 3. The quantitative estimate of drug-likeness (QED) is 0.380. The molecule has 1 saturated heterocycles. The molecule has 40 heavy (non-hydrogen) atoms. The lowest BCUT2D eigenvalue weighted by atomic mass is 10.0. The molecule has 5 rings (SSSR count). The maximum atomic E-state index is 14.0. The van der Waals surface area contributed by atoms with E-state index in [0.717, 1.165) is 55.2 Å².